The van der Waals surface area contributed by atoms with E-state index in [-0.39, 0.29) is 0 Å². The van der Waals surface area contributed by atoms with Crippen LogP contribution in [0.5, 0.6) is 0 Å². The molecular weight excluding hydrogens is 354 g/mol. The van der Waals surface area contributed by atoms with Gasteiger partial charge in [-0.25, -0.2) is 4.98 Å². The Labute approximate surface area is 165 Å². The highest BCUT2D eigenvalue weighted by atomic mass is 16.2. The second kappa shape index (κ2) is 7.31. The van der Waals surface area contributed by atoms with Crippen LogP contribution in [0, 0.1) is 6.92 Å². The smallest absolute Gasteiger partial charge is 0.254 e. The standard InChI is InChI=1S/C20H29N7O/c1-15-12-18(27-20(23-15)21-14-22-27)25-10-8-24(9-11-25)13-19(28)26(17-6-7-17)16-4-2-3-5-16/h12,14,16-17H,2-11,13H2,1H3. The Morgan fingerprint density at radius 1 is 1.11 bits per heavy atom. The molecule has 150 valence electrons. The molecule has 1 amide bonds. The SMILES string of the molecule is Cc1cc(N2CCN(CC(=O)N(C3CCCC3)C3CC3)CC2)n2ncnc2n1. The predicted octanol–water partition coefficient (Wildman–Crippen LogP) is 1.49. The molecule has 5 rings (SSSR count). The van der Waals surface area contributed by atoms with Crippen molar-refractivity contribution in [1.29, 1.82) is 0 Å². The number of amides is 1. The summed E-state index contributed by atoms with van der Waals surface area (Å²) in [7, 11) is 0. The van der Waals surface area contributed by atoms with Crippen LogP contribution in [0.15, 0.2) is 12.4 Å². The molecule has 0 spiro atoms. The third kappa shape index (κ3) is 3.45. The largest absolute Gasteiger partial charge is 0.354 e. The summed E-state index contributed by atoms with van der Waals surface area (Å²) in [6.45, 7) is 6.12. The molecule has 2 saturated carbocycles. The van der Waals surface area contributed by atoms with Crippen molar-refractivity contribution in [3.63, 3.8) is 0 Å². The van der Waals surface area contributed by atoms with E-state index in [0.29, 0.717) is 30.3 Å². The number of nitrogens with zero attached hydrogens (tertiary/aromatic N) is 7. The fourth-order valence-corrected chi connectivity index (χ4v) is 4.79. The molecule has 8 nitrogen and oxygen atoms in total. The topological polar surface area (TPSA) is 69.9 Å². The molecule has 3 aliphatic rings. The van der Waals surface area contributed by atoms with Crippen molar-refractivity contribution < 1.29 is 4.79 Å². The fourth-order valence-electron chi connectivity index (χ4n) is 4.79. The summed E-state index contributed by atoms with van der Waals surface area (Å²) in [6.07, 6.45) is 8.91. The number of aryl methyl sites for hydroxylation is 1. The van der Waals surface area contributed by atoms with Crippen LogP contribution in [-0.4, -0.2) is 80.1 Å². The summed E-state index contributed by atoms with van der Waals surface area (Å²) in [5, 5.41) is 4.32. The lowest BCUT2D eigenvalue weighted by Crippen LogP contribution is -2.52. The van der Waals surface area contributed by atoms with E-state index in [4.69, 9.17) is 0 Å². The third-order valence-electron chi connectivity index (χ3n) is 6.36. The van der Waals surface area contributed by atoms with Gasteiger partial charge in [0.25, 0.3) is 5.78 Å². The molecule has 1 aliphatic heterocycles. The first-order chi connectivity index (χ1) is 13.7. The summed E-state index contributed by atoms with van der Waals surface area (Å²) >= 11 is 0. The molecule has 28 heavy (non-hydrogen) atoms. The van der Waals surface area contributed by atoms with Gasteiger partial charge in [0.05, 0.1) is 6.54 Å². The van der Waals surface area contributed by atoms with Crippen LogP contribution in [0.1, 0.15) is 44.2 Å². The monoisotopic (exact) mass is 383 g/mol. The minimum absolute atomic E-state index is 0.348. The number of carbonyl (C=O) groups excluding carboxylic acids is 1. The fraction of sp³-hybridized carbons (Fsp3) is 0.700. The van der Waals surface area contributed by atoms with Crippen molar-refractivity contribution in [2.24, 2.45) is 0 Å². The van der Waals surface area contributed by atoms with Crippen molar-refractivity contribution >= 4 is 17.5 Å². The van der Waals surface area contributed by atoms with Crippen molar-refractivity contribution in [2.75, 3.05) is 37.6 Å². The lowest BCUT2D eigenvalue weighted by Gasteiger charge is -2.37. The van der Waals surface area contributed by atoms with E-state index in [1.165, 1.54) is 38.5 Å². The van der Waals surface area contributed by atoms with Crippen molar-refractivity contribution in [1.82, 2.24) is 29.4 Å². The highest BCUT2D eigenvalue weighted by Crippen LogP contribution is 2.34. The minimum Gasteiger partial charge on any atom is -0.354 e. The number of aromatic nitrogens is 4. The number of anilines is 1. The highest BCUT2D eigenvalue weighted by Gasteiger charge is 2.38. The molecule has 1 saturated heterocycles. The van der Waals surface area contributed by atoms with Gasteiger partial charge in [-0.05, 0) is 32.6 Å². The van der Waals surface area contributed by atoms with Crippen molar-refractivity contribution in [2.45, 2.75) is 57.5 Å². The number of hydrogen-bond donors (Lipinski definition) is 0. The van der Waals surface area contributed by atoms with Crippen molar-refractivity contribution in [3.8, 4) is 0 Å². The molecule has 0 N–H and O–H groups in total. The first-order valence-corrected chi connectivity index (χ1v) is 10.6. The van der Waals surface area contributed by atoms with Crippen LogP contribution in [-0.2, 0) is 4.79 Å². The first-order valence-electron chi connectivity index (χ1n) is 10.6. The average Bonchev–Trinajstić information content (AvgIpc) is 3.16. The Hall–Kier alpha value is -2.22. The second-order valence-corrected chi connectivity index (χ2v) is 8.46. The molecular formula is C20H29N7O. The normalized spacial score (nSPS) is 21.5. The van der Waals surface area contributed by atoms with Gasteiger partial charge in [-0.3, -0.25) is 9.69 Å². The number of piperazine rings is 1. The zero-order chi connectivity index (χ0) is 19.1. The van der Waals surface area contributed by atoms with Gasteiger partial charge in [-0.15, -0.1) is 0 Å². The van der Waals surface area contributed by atoms with E-state index in [1.54, 1.807) is 6.33 Å². The molecule has 0 bridgehead atoms. The lowest BCUT2D eigenvalue weighted by molar-refractivity contribution is -0.135. The van der Waals surface area contributed by atoms with E-state index < -0.39 is 0 Å². The summed E-state index contributed by atoms with van der Waals surface area (Å²) < 4.78 is 1.81. The minimum atomic E-state index is 0.348. The quantitative estimate of drug-likeness (QED) is 0.779. The van der Waals surface area contributed by atoms with E-state index in [2.05, 4.69) is 35.8 Å². The second-order valence-electron chi connectivity index (χ2n) is 8.46. The van der Waals surface area contributed by atoms with Crippen molar-refractivity contribution in [3.05, 3.63) is 18.1 Å². The molecule has 2 aromatic heterocycles. The molecule has 0 atom stereocenters. The van der Waals surface area contributed by atoms with Gasteiger partial charge in [-0.2, -0.15) is 14.6 Å². The average molecular weight is 384 g/mol. The van der Waals surface area contributed by atoms with Crippen LogP contribution in [0.2, 0.25) is 0 Å². The Morgan fingerprint density at radius 2 is 1.82 bits per heavy atom. The van der Waals surface area contributed by atoms with Gasteiger partial charge in [0.1, 0.15) is 12.1 Å². The Bertz CT molecular complexity index is 847. The maximum absolute atomic E-state index is 13.1. The molecule has 2 aromatic rings. The van der Waals surface area contributed by atoms with E-state index in [1.807, 2.05) is 11.4 Å². The number of rotatable bonds is 5. The number of hydrogen-bond acceptors (Lipinski definition) is 6. The number of fused-ring (bicyclic) bond motifs is 1. The zero-order valence-corrected chi connectivity index (χ0v) is 16.6. The summed E-state index contributed by atoms with van der Waals surface area (Å²) in [5.74, 6) is 2.03. The molecule has 0 unspecified atom stereocenters. The summed E-state index contributed by atoms with van der Waals surface area (Å²) in [4.78, 5) is 28.6. The van der Waals surface area contributed by atoms with Gasteiger partial charge in [0.2, 0.25) is 5.91 Å². The molecule has 0 radical (unpaired) electrons. The van der Waals surface area contributed by atoms with Crippen LogP contribution < -0.4 is 4.90 Å². The van der Waals surface area contributed by atoms with E-state index >= 15 is 0 Å². The molecule has 0 aromatic carbocycles. The molecule has 8 heteroatoms. The summed E-state index contributed by atoms with van der Waals surface area (Å²) in [5.41, 5.74) is 0.949. The first kappa shape index (κ1) is 17.8. The van der Waals surface area contributed by atoms with Gasteiger partial charge < -0.3 is 9.80 Å². The molecule has 3 fully saturated rings. The Morgan fingerprint density at radius 3 is 2.54 bits per heavy atom. The van der Waals surface area contributed by atoms with Gasteiger partial charge in [0, 0.05) is 50.0 Å². The highest BCUT2D eigenvalue weighted by molar-refractivity contribution is 5.79. The maximum Gasteiger partial charge on any atom is 0.254 e. The lowest BCUT2D eigenvalue weighted by atomic mass is 10.2. The number of carbonyl (C=O) groups is 1. The Kier molecular flexibility index (Phi) is 4.66. The van der Waals surface area contributed by atoms with Crippen LogP contribution in [0.25, 0.3) is 5.78 Å². The van der Waals surface area contributed by atoms with Crippen LogP contribution in [0.4, 0.5) is 5.82 Å². The summed E-state index contributed by atoms with van der Waals surface area (Å²) in [6, 6.07) is 3.09. The van der Waals surface area contributed by atoms with Gasteiger partial charge >= 0.3 is 0 Å². The van der Waals surface area contributed by atoms with Crippen LogP contribution >= 0.6 is 0 Å². The zero-order valence-electron chi connectivity index (χ0n) is 16.6. The van der Waals surface area contributed by atoms with E-state index in [9.17, 15) is 4.79 Å². The maximum atomic E-state index is 13.1. The van der Waals surface area contributed by atoms with Crippen LogP contribution in [0.3, 0.4) is 0 Å². The Balaban J connectivity index is 1.22. The van der Waals surface area contributed by atoms with E-state index in [0.717, 1.165) is 37.7 Å². The third-order valence-corrected chi connectivity index (χ3v) is 6.36. The van der Waals surface area contributed by atoms with Gasteiger partial charge in [0.15, 0.2) is 0 Å². The molecule has 3 heterocycles. The van der Waals surface area contributed by atoms with Gasteiger partial charge in [-0.1, -0.05) is 12.8 Å². The predicted molar refractivity (Wildman–Crippen MR) is 106 cm³/mol. The molecule has 2 aliphatic carbocycles.